The largest absolute Gasteiger partial charge is 0.192 e. The Morgan fingerprint density at radius 1 is 1.27 bits per heavy atom. The molecule has 0 spiro atoms. The van der Waals surface area contributed by atoms with Crippen LogP contribution in [-0.4, -0.2) is 7.05 Å². The van der Waals surface area contributed by atoms with Gasteiger partial charge in [0.2, 0.25) is 0 Å². The Morgan fingerprint density at radius 3 is 2.20 bits per heavy atom. The van der Waals surface area contributed by atoms with Crippen LogP contribution in [0.25, 0.3) is 0 Å². The minimum Gasteiger partial charge on any atom is -0.192 e. The van der Waals surface area contributed by atoms with Crippen molar-refractivity contribution in [3.63, 3.8) is 0 Å². The molecule has 0 saturated carbocycles. The normalized spacial score (nSPS) is 10.7. The molecule has 0 unspecified atom stereocenters. The van der Waals surface area contributed by atoms with Gasteiger partial charge in [-0.1, -0.05) is 48.6 Å². The first-order valence-corrected chi connectivity index (χ1v) is 4.81. The van der Waals surface area contributed by atoms with Gasteiger partial charge in [0.15, 0.2) is 0 Å². The number of hydrogen-bond donors (Lipinski definition) is 0. The van der Waals surface area contributed by atoms with Gasteiger partial charge in [0.1, 0.15) is 0 Å². The highest BCUT2D eigenvalue weighted by atomic mass is 15.1. The van der Waals surface area contributed by atoms with E-state index < -0.39 is 0 Å². The van der Waals surface area contributed by atoms with Crippen LogP contribution in [0.3, 0.4) is 0 Å². The van der Waals surface area contributed by atoms with Crippen molar-refractivity contribution in [3.05, 3.63) is 60.3 Å². The van der Waals surface area contributed by atoms with Gasteiger partial charge in [-0.2, -0.15) is 10.2 Å². The van der Waals surface area contributed by atoms with Crippen LogP contribution in [0.2, 0.25) is 0 Å². The first-order valence-electron chi connectivity index (χ1n) is 4.81. The molecule has 0 aromatic heterocycles. The fraction of sp³-hybridized carbons (Fsp3) is 0.231. The van der Waals surface area contributed by atoms with E-state index >= 15 is 0 Å². The number of nitrogens with zero attached hydrogens (tertiary/aromatic N) is 2. The number of rotatable bonds is 2. The Bertz CT molecular complexity index is 324. The maximum absolute atomic E-state index is 3.73. The van der Waals surface area contributed by atoms with E-state index in [9.17, 15) is 0 Å². The highest BCUT2D eigenvalue weighted by Crippen LogP contribution is 1.93. The van der Waals surface area contributed by atoms with Gasteiger partial charge < -0.3 is 0 Å². The van der Waals surface area contributed by atoms with Crippen molar-refractivity contribution in [1.29, 1.82) is 0 Å². The van der Waals surface area contributed by atoms with Gasteiger partial charge in [0.05, 0.1) is 5.70 Å². The molecular weight excluding hydrogens is 184 g/mol. The quantitative estimate of drug-likeness (QED) is 0.508. The molecule has 0 aliphatic heterocycles. The second-order valence-electron chi connectivity index (χ2n) is 3.00. The highest BCUT2D eigenvalue weighted by molar-refractivity contribution is 5.11. The predicted molar refractivity (Wildman–Crippen MR) is 65.9 cm³/mol. The fourth-order valence-corrected chi connectivity index (χ4v) is 0.896. The van der Waals surface area contributed by atoms with Crippen LogP contribution < -0.4 is 0 Å². The van der Waals surface area contributed by atoms with Crippen LogP contribution in [0.1, 0.15) is 12.5 Å². The molecule has 0 aliphatic rings. The number of aryl methyl sites for hydroxylation is 1. The molecule has 2 nitrogen and oxygen atoms in total. The summed E-state index contributed by atoms with van der Waals surface area (Å²) in [5.41, 5.74) is 2.20. The van der Waals surface area contributed by atoms with E-state index in [1.807, 2.05) is 25.1 Å². The third-order valence-corrected chi connectivity index (χ3v) is 1.56. The summed E-state index contributed by atoms with van der Waals surface area (Å²) in [4.78, 5) is 0. The Morgan fingerprint density at radius 2 is 1.87 bits per heavy atom. The molecule has 0 N–H and O–H groups in total. The van der Waals surface area contributed by atoms with Gasteiger partial charge in [-0.3, -0.25) is 0 Å². The van der Waals surface area contributed by atoms with E-state index in [4.69, 9.17) is 0 Å². The minimum atomic E-state index is 0.877. The molecular formula is C13H18N2. The Balaban J connectivity index is 0.000000262. The standard InChI is InChI=1S/C7H8.C6H10N2/c1-7-5-3-2-4-6-7;1-4-5-6(2)8-7-3/h2-6H,1H3;4-5H,1H2,2-3H3/b;6-5+,8-7?. The van der Waals surface area contributed by atoms with Gasteiger partial charge in [0.25, 0.3) is 0 Å². The van der Waals surface area contributed by atoms with E-state index in [1.165, 1.54) is 5.56 Å². The van der Waals surface area contributed by atoms with Gasteiger partial charge >= 0.3 is 0 Å². The highest BCUT2D eigenvalue weighted by Gasteiger charge is 1.74. The zero-order chi connectivity index (χ0) is 11.5. The molecule has 1 rings (SSSR count). The van der Waals surface area contributed by atoms with Gasteiger partial charge in [-0.25, -0.2) is 0 Å². The van der Waals surface area contributed by atoms with Crippen LogP contribution in [0, 0.1) is 6.92 Å². The van der Waals surface area contributed by atoms with Gasteiger partial charge in [-0.05, 0) is 19.9 Å². The van der Waals surface area contributed by atoms with Crippen LogP contribution in [0.4, 0.5) is 0 Å². The summed E-state index contributed by atoms with van der Waals surface area (Å²) in [6.07, 6.45) is 3.48. The van der Waals surface area contributed by atoms with E-state index in [0.717, 1.165) is 5.70 Å². The lowest BCUT2D eigenvalue weighted by Gasteiger charge is -1.82. The van der Waals surface area contributed by atoms with Gasteiger partial charge in [0, 0.05) is 7.05 Å². The summed E-state index contributed by atoms with van der Waals surface area (Å²) in [6.45, 7) is 7.46. The van der Waals surface area contributed by atoms with Crippen molar-refractivity contribution in [3.8, 4) is 0 Å². The van der Waals surface area contributed by atoms with E-state index in [0.29, 0.717) is 0 Å². The first kappa shape index (κ1) is 13.3. The lowest BCUT2D eigenvalue weighted by atomic mass is 10.2. The SMILES string of the molecule is C=C/C=C(\C)N=NC.Cc1ccccc1. The summed E-state index contributed by atoms with van der Waals surface area (Å²) < 4.78 is 0. The molecule has 1 aromatic rings. The summed E-state index contributed by atoms with van der Waals surface area (Å²) in [5, 5.41) is 7.29. The topological polar surface area (TPSA) is 24.7 Å². The van der Waals surface area contributed by atoms with E-state index in [2.05, 4.69) is 35.9 Å². The van der Waals surface area contributed by atoms with Crippen molar-refractivity contribution in [1.82, 2.24) is 0 Å². The molecule has 0 aliphatic carbocycles. The lowest BCUT2D eigenvalue weighted by molar-refractivity contribution is 1.08. The third-order valence-electron chi connectivity index (χ3n) is 1.56. The second kappa shape index (κ2) is 8.88. The Labute approximate surface area is 92.1 Å². The molecule has 0 fully saturated rings. The fourth-order valence-electron chi connectivity index (χ4n) is 0.896. The van der Waals surface area contributed by atoms with E-state index in [1.54, 1.807) is 19.2 Å². The minimum absolute atomic E-state index is 0.877. The van der Waals surface area contributed by atoms with Gasteiger partial charge in [-0.15, -0.1) is 0 Å². The molecule has 0 bridgehead atoms. The zero-order valence-electron chi connectivity index (χ0n) is 9.64. The predicted octanol–water partition coefficient (Wildman–Crippen LogP) is 4.15. The molecule has 0 amide bonds. The maximum Gasteiger partial charge on any atom is 0.0595 e. The van der Waals surface area contributed by atoms with Crippen LogP contribution in [0.15, 0.2) is 65.0 Å². The van der Waals surface area contributed by atoms with Crippen molar-refractivity contribution in [2.24, 2.45) is 10.2 Å². The number of allylic oxidation sites excluding steroid dienone is 3. The molecule has 0 radical (unpaired) electrons. The van der Waals surface area contributed by atoms with Crippen molar-refractivity contribution < 1.29 is 0 Å². The summed E-state index contributed by atoms with van der Waals surface area (Å²) in [7, 11) is 1.64. The maximum atomic E-state index is 3.73. The summed E-state index contributed by atoms with van der Waals surface area (Å²) in [5.74, 6) is 0. The lowest BCUT2D eigenvalue weighted by Crippen LogP contribution is -1.62. The van der Waals surface area contributed by atoms with Crippen molar-refractivity contribution in [2.45, 2.75) is 13.8 Å². The van der Waals surface area contributed by atoms with E-state index in [-0.39, 0.29) is 0 Å². The van der Waals surface area contributed by atoms with Crippen molar-refractivity contribution >= 4 is 0 Å². The van der Waals surface area contributed by atoms with Crippen molar-refractivity contribution in [2.75, 3.05) is 7.05 Å². The second-order valence-corrected chi connectivity index (χ2v) is 3.00. The molecule has 0 atom stereocenters. The van der Waals surface area contributed by atoms with Crippen LogP contribution >= 0.6 is 0 Å². The monoisotopic (exact) mass is 202 g/mol. The smallest absolute Gasteiger partial charge is 0.0595 e. The number of azo groups is 1. The average Bonchev–Trinajstić information content (AvgIpc) is 2.20. The molecule has 15 heavy (non-hydrogen) atoms. The average molecular weight is 202 g/mol. The van der Waals surface area contributed by atoms with Crippen LogP contribution in [-0.2, 0) is 0 Å². The molecule has 2 heteroatoms. The number of benzene rings is 1. The molecule has 0 heterocycles. The molecule has 80 valence electrons. The molecule has 0 saturated heterocycles. The van der Waals surface area contributed by atoms with Crippen LogP contribution in [0.5, 0.6) is 0 Å². The summed E-state index contributed by atoms with van der Waals surface area (Å²) >= 11 is 0. The molecule has 1 aromatic carbocycles. The Kier molecular flexibility index (Phi) is 7.87. The zero-order valence-corrected chi connectivity index (χ0v) is 9.64. The Hall–Kier alpha value is -1.70. The summed E-state index contributed by atoms with van der Waals surface area (Å²) in [6, 6.07) is 10.3. The first-order chi connectivity index (χ1) is 7.20. The number of hydrogen-bond acceptors (Lipinski definition) is 2. The third kappa shape index (κ3) is 8.63.